The van der Waals surface area contributed by atoms with Crippen LogP contribution in [0.1, 0.15) is 197 Å². The van der Waals surface area contributed by atoms with E-state index >= 15 is 0 Å². The van der Waals surface area contributed by atoms with Crippen LogP contribution in [0.15, 0.2) is 30.3 Å². The number of carbonyl (C=O) groups excluding carboxylic acids is 11. The molecule has 1 aromatic rings. The predicted octanol–water partition coefficient (Wildman–Crippen LogP) is 0.375. The first-order chi connectivity index (χ1) is 45.5. The molecule has 1 aromatic carbocycles. The largest absolute Gasteiger partial charge is 0.368 e. The van der Waals surface area contributed by atoms with E-state index in [1.807, 2.05) is 48.5 Å². The number of rotatable bonds is 52. The highest BCUT2D eigenvalue weighted by atomic mass is 16.2. The number of unbranched alkanes of at least 4 members (excludes halogenated alkanes) is 5. The molecular weight excluding hydrogens is 1230 g/mol. The van der Waals surface area contributed by atoms with E-state index in [9.17, 15) is 52.7 Å². The summed E-state index contributed by atoms with van der Waals surface area (Å²) in [4.78, 5) is 155. The van der Waals surface area contributed by atoms with E-state index in [0.717, 1.165) is 0 Å². The van der Waals surface area contributed by atoms with E-state index in [1.54, 1.807) is 51.1 Å². The van der Waals surface area contributed by atoms with E-state index in [4.69, 9.17) is 40.1 Å². The van der Waals surface area contributed by atoms with Crippen molar-refractivity contribution in [3.8, 4) is 0 Å². The Labute approximate surface area is 571 Å². The van der Waals surface area contributed by atoms with Crippen LogP contribution in [0.5, 0.6) is 0 Å². The van der Waals surface area contributed by atoms with Crippen molar-refractivity contribution in [3.63, 3.8) is 0 Å². The number of nitrogens with two attached hydrogens (primary N) is 7. The van der Waals surface area contributed by atoms with Crippen LogP contribution in [-0.4, -0.2) is 164 Å². The first-order valence-corrected chi connectivity index (χ1v) is 35.1. The Hall–Kier alpha value is -6.85. The van der Waals surface area contributed by atoms with Gasteiger partial charge in [-0.2, -0.15) is 0 Å². The molecule has 0 heterocycles. The Bertz CT molecular complexity index is 2510. The molecule has 0 saturated carbocycles. The van der Waals surface area contributed by atoms with Crippen molar-refractivity contribution in [3.05, 3.63) is 35.9 Å². The van der Waals surface area contributed by atoms with E-state index in [1.165, 1.54) is 0 Å². The summed E-state index contributed by atoms with van der Waals surface area (Å²) < 4.78 is 0. The van der Waals surface area contributed by atoms with Crippen molar-refractivity contribution in [1.29, 1.82) is 0 Å². The zero-order chi connectivity index (χ0) is 72.5. The third-order valence-corrected chi connectivity index (χ3v) is 16.6. The molecule has 28 nitrogen and oxygen atoms in total. The summed E-state index contributed by atoms with van der Waals surface area (Å²) in [5.74, 6) is -8.71. The van der Waals surface area contributed by atoms with Crippen LogP contribution >= 0.6 is 0 Å². The third kappa shape index (κ3) is 34.9. The molecule has 0 aliphatic heterocycles. The summed E-state index contributed by atoms with van der Waals surface area (Å²) in [6, 6.07) is -3.88. The molecular formula is C68H125N17O11. The van der Waals surface area contributed by atoms with Crippen LogP contribution in [0.3, 0.4) is 0 Å². The van der Waals surface area contributed by atoms with E-state index in [2.05, 4.69) is 53.2 Å². The monoisotopic (exact) mass is 1360 g/mol. The molecule has 0 aliphatic rings. The lowest BCUT2D eigenvalue weighted by molar-refractivity contribution is -0.137. The molecule has 0 saturated heterocycles. The van der Waals surface area contributed by atoms with Gasteiger partial charge < -0.3 is 93.3 Å². The van der Waals surface area contributed by atoms with Gasteiger partial charge in [-0.05, 0) is 183 Å². The number of nitrogens with one attached hydrogen (secondary N) is 10. The van der Waals surface area contributed by atoms with Crippen molar-refractivity contribution in [2.75, 3.05) is 32.7 Å². The smallest absolute Gasteiger partial charge is 0.243 e. The zero-order valence-corrected chi connectivity index (χ0v) is 59.3. The van der Waals surface area contributed by atoms with Crippen LogP contribution in [0.4, 0.5) is 0 Å². The van der Waals surface area contributed by atoms with Gasteiger partial charge >= 0.3 is 0 Å². The lowest BCUT2D eigenvalue weighted by Crippen LogP contribution is -2.61. The highest BCUT2D eigenvalue weighted by Gasteiger charge is 2.38. The summed E-state index contributed by atoms with van der Waals surface area (Å²) in [5.41, 5.74) is 41.5. The minimum absolute atomic E-state index is 0.0340. The standard InChI is InChI=1S/C68H125N17O11/c1-11-45(10)57(68(96)83-54(39-43(6)7)64(92)80-51(30-18-23-35-72)62(90)84-56(44(8)9)67(95)76-48(58(75)86)27-15-20-32-69)85-63(91)52(31-19-24-36-73)78-60(88)50(29-17-22-34-71)79-66(94)55(40-46-25-13-12-14-26-46)82-65(93)53(38-42(4)5)81-61(89)49(28-16-21-33-70)77-59(87)47(74)37-41(2)3/h12-14,25-26,41-45,47-57H,11,15-24,27-40,69-74H2,1-10H3,(H2,75,86)(H,76,95)(H,77,87)(H,78,88)(H,79,94)(H,80,92)(H,81,89)(H,82,93)(H,83,96)(H,84,90)(H,85,91)/t45-,47-,48-,49-,50-,51-,52-,53-,54-,55-,56-,57-/m0/s1. The fourth-order valence-corrected chi connectivity index (χ4v) is 10.8. The van der Waals surface area contributed by atoms with Gasteiger partial charge in [-0.1, -0.05) is 106 Å². The molecule has 0 aliphatic carbocycles. The van der Waals surface area contributed by atoms with Gasteiger partial charge in [-0.3, -0.25) is 52.7 Å². The molecule has 96 heavy (non-hydrogen) atoms. The molecule has 28 heteroatoms. The topological polar surface area (TPSA) is 490 Å². The van der Waals surface area contributed by atoms with Gasteiger partial charge in [0.25, 0.3) is 0 Å². The maximum Gasteiger partial charge on any atom is 0.243 e. The number of primary amides is 1. The van der Waals surface area contributed by atoms with Gasteiger partial charge in [0.2, 0.25) is 65.0 Å². The molecule has 0 unspecified atom stereocenters. The Morgan fingerprint density at radius 2 is 0.635 bits per heavy atom. The Morgan fingerprint density at radius 1 is 0.344 bits per heavy atom. The van der Waals surface area contributed by atoms with Gasteiger partial charge in [-0.15, -0.1) is 0 Å². The van der Waals surface area contributed by atoms with Crippen molar-refractivity contribution in [2.24, 2.45) is 69.7 Å². The highest BCUT2D eigenvalue weighted by molar-refractivity contribution is 5.99. The van der Waals surface area contributed by atoms with Crippen LogP contribution in [0.25, 0.3) is 0 Å². The zero-order valence-electron chi connectivity index (χ0n) is 59.3. The molecule has 548 valence electrons. The average molecular weight is 1360 g/mol. The molecule has 0 fully saturated rings. The van der Waals surface area contributed by atoms with Gasteiger partial charge in [0.15, 0.2) is 0 Å². The van der Waals surface area contributed by atoms with Gasteiger partial charge in [-0.25, -0.2) is 0 Å². The summed E-state index contributed by atoms with van der Waals surface area (Å²) in [6.45, 7) is 19.8. The molecule has 1 rings (SSSR count). The molecule has 0 aromatic heterocycles. The predicted molar refractivity (Wildman–Crippen MR) is 374 cm³/mol. The van der Waals surface area contributed by atoms with Crippen molar-refractivity contribution in [1.82, 2.24) is 53.2 Å². The number of hydrogen-bond acceptors (Lipinski definition) is 17. The number of benzene rings is 1. The second-order valence-electron chi connectivity index (χ2n) is 27.1. The molecule has 0 spiro atoms. The van der Waals surface area contributed by atoms with Crippen molar-refractivity contribution in [2.45, 2.75) is 264 Å². The second kappa shape index (κ2) is 48.8. The number of carbonyl (C=O) groups is 11. The van der Waals surface area contributed by atoms with Gasteiger partial charge in [0.05, 0.1) is 6.04 Å². The van der Waals surface area contributed by atoms with Crippen LogP contribution < -0.4 is 93.3 Å². The fourth-order valence-electron chi connectivity index (χ4n) is 10.8. The highest BCUT2D eigenvalue weighted by Crippen LogP contribution is 2.17. The van der Waals surface area contributed by atoms with E-state index in [0.29, 0.717) is 102 Å². The molecule has 0 bridgehead atoms. The van der Waals surface area contributed by atoms with Crippen molar-refractivity contribution < 1.29 is 52.7 Å². The molecule has 24 N–H and O–H groups in total. The first-order valence-electron chi connectivity index (χ1n) is 35.1. The van der Waals surface area contributed by atoms with Crippen LogP contribution in [-0.2, 0) is 59.2 Å². The minimum atomic E-state index is -1.30. The molecule has 12 atom stereocenters. The quantitative estimate of drug-likeness (QED) is 0.0392. The van der Waals surface area contributed by atoms with E-state index in [-0.39, 0.29) is 82.2 Å². The number of hydrogen-bond donors (Lipinski definition) is 17. The van der Waals surface area contributed by atoms with Gasteiger partial charge in [0.1, 0.15) is 60.4 Å². The maximum absolute atomic E-state index is 14.8. The first kappa shape index (κ1) is 87.2. The summed E-state index contributed by atoms with van der Waals surface area (Å²) in [5, 5.41) is 28.1. The van der Waals surface area contributed by atoms with Crippen molar-refractivity contribution >= 4 is 65.0 Å². The Balaban J connectivity index is 3.72. The van der Waals surface area contributed by atoms with Gasteiger partial charge in [0, 0.05) is 6.42 Å². The normalized spacial score (nSPS) is 15.2. The number of amides is 11. The summed E-state index contributed by atoms with van der Waals surface area (Å²) >= 11 is 0. The maximum atomic E-state index is 14.8. The van der Waals surface area contributed by atoms with Crippen LogP contribution in [0, 0.1) is 29.6 Å². The average Bonchev–Trinajstić information content (AvgIpc) is 0.880. The molecule has 11 amide bonds. The fraction of sp³-hybridized carbons (Fsp3) is 0.750. The summed E-state index contributed by atoms with van der Waals surface area (Å²) in [6.07, 6.45) is 6.52. The lowest BCUT2D eigenvalue weighted by Gasteiger charge is -2.30. The SMILES string of the molecule is CC[C@H](C)[C@H](NC(=O)[C@H](CCCCN)NC(=O)[C@H](CCCCN)NC(=O)[C@H](Cc1ccccc1)NC(=O)[C@H](CC(C)C)NC(=O)[C@H](CCCCN)NC(=O)[C@@H](N)CC(C)C)C(=O)N[C@@H](CC(C)C)C(=O)N[C@@H](CCCCN)C(=O)N[C@H](C(=O)N[C@@H](CCCCN)C(N)=O)C(C)C. The minimum Gasteiger partial charge on any atom is -0.368 e. The second-order valence-corrected chi connectivity index (χ2v) is 27.1. The summed E-state index contributed by atoms with van der Waals surface area (Å²) in [7, 11) is 0. The van der Waals surface area contributed by atoms with E-state index < -0.39 is 143 Å². The Kier molecular flexibility index (Phi) is 44.3. The molecule has 0 radical (unpaired) electrons. The Morgan fingerprint density at radius 3 is 0.990 bits per heavy atom. The van der Waals surface area contributed by atoms with Crippen LogP contribution in [0.2, 0.25) is 0 Å². The lowest BCUT2D eigenvalue weighted by atomic mass is 9.95. The third-order valence-electron chi connectivity index (χ3n) is 16.6.